The lowest BCUT2D eigenvalue weighted by atomic mass is 9.73. The van der Waals surface area contributed by atoms with Crippen LogP contribution in [-0.4, -0.2) is 50.2 Å². The molecular formula is C32H35N9. The van der Waals surface area contributed by atoms with Crippen molar-refractivity contribution >= 4 is 17.3 Å². The molecule has 0 saturated carbocycles. The fraction of sp³-hybridized carbons (Fsp3) is 0.406. The van der Waals surface area contributed by atoms with Gasteiger partial charge in [0, 0.05) is 44.5 Å². The normalized spacial score (nSPS) is 20.7. The summed E-state index contributed by atoms with van der Waals surface area (Å²) in [6.07, 6.45) is 9.08. The molecule has 4 aliphatic rings. The highest BCUT2D eigenvalue weighted by Crippen LogP contribution is 2.51. The topological polar surface area (TPSA) is 101 Å². The summed E-state index contributed by atoms with van der Waals surface area (Å²) in [4.78, 5) is 25.0. The molecule has 1 aromatic carbocycles. The maximum Gasteiger partial charge on any atom is 0.156 e. The third kappa shape index (κ3) is 3.89. The minimum absolute atomic E-state index is 0.117. The molecular weight excluding hydrogens is 510 g/mol. The molecule has 0 radical (unpaired) electrons. The van der Waals surface area contributed by atoms with Gasteiger partial charge in [0.2, 0.25) is 0 Å². The molecule has 1 spiro atoms. The van der Waals surface area contributed by atoms with Crippen LogP contribution in [0.1, 0.15) is 59.2 Å². The molecule has 3 aromatic heterocycles. The minimum Gasteiger partial charge on any atom is -0.355 e. The number of pyridine rings is 1. The molecule has 9 nitrogen and oxygen atoms in total. The number of nitrogens with two attached hydrogens (primary N) is 1. The van der Waals surface area contributed by atoms with Gasteiger partial charge in [-0.05, 0) is 67.7 Å². The van der Waals surface area contributed by atoms with Crippen molar-refractivity contribution in [3.63, 3.8) is 0 Å². The van der Waals surface area contributed by atoms with Crippen LogP contribution in [0.5, 0.6) is 0 Å². The fourth-order valence-electron chi connectivity index (χ4n) is 7.42. The van der Waals surface area contributed by atoms with Crippen LogP contribution in [0.3, 0.4) is 0 Å². The number of hydrogen-bond acceptors (Lipinski definition) is 8. The zero-order valence-corrected chi connectivity index (χ0v) is 23.7. The van der Waals surface area contributed by atoms with Gasteiger partial charge >= 0.3 is 0 Å². The molecule has 41 heavy (non-hydrogen) atoms. The van der Waals surface area contributed by atoms with Crippen LogP contribution >= 0.6 is 0 Å². The number of aryl methyl sites for hydroxylation is 3. The van der Waals surface area contributed by atoms with Crippen LogP contribution in [0, 0.1) is 12.3 Å². The van der Waals surface area contributed by atoms with Crippen LogP contribution in [0.25, 0.3) is 11.3 Å². The predicted molar refractivity (Wildman–Crippen MR) is 160 cm³/mol. The van der Waals surface area contributed by atoms with Crippen molar-refractivity contribution in [2.45, 2.75) is 51.6 Å². The van der Waals surface area contributed by atoms with Gasteiger partial charge in [-0.1, -0.05) is 24.3 Å². The van der Waals surface area contributed by atoms with E-state index in [0.717, 1.165) is 103 Å². The molecule has 4 aromatic rings. The van der Waals surface area contributed by atoms with Crippen molar-refractivity contribution in [2.24, 2.45) is 23.2 Å². The first-order valence-electron chi connectivity index (χ1n) is 14.8. The van der Waals surface area contributed by atoms with Gasteiger partial charge in [0.25, 0.3) is 0 Å². The summed E-state index contributed by atoms with van der Waals surface area (Å²) >= 11 is 0. The second-order valence-electron chi connectivity index (χ2n) is 12.1. The summed E-state index contributed by atoms with van der Waals surface area (Å²) in [6, 6.07) is 13.1. The van der Waals surface area contributed by atoms with E-state index in [9.17, 15) is 0 Å². The van der Waals surface area contributed by atoms with Crippen LogP contribution in [0.4, 0.5) is 11.5 Å². The Hall–Kier alpha value is -4.11. The van der Waals surface area contributed by atoms with E-state index in [1.165, 1.54) is 11.1 Å². The van der Waals surface area contributed by atoms with E-state index >= 15 is 0 Å². The highest BCUT2D eigenvalue weighted by molar-refractivity contribution is 6.11. The summed E-state index contributed by atoms with van der Waals surface area (Å²) in [7, 11) is 1.93. The van der Waals surface area contributed by atoms with Crippen LogP contribution in [-0.2, 0) is 26.4 Å². The first kappa shape index (κ1) is 24.7. The number of fused-ring (bicyclic) bond motifs is 3. The van der Waals surface area contributed by atoms with Crippen molar-refractivity contribution in [1.29, 1.82) is 0 Å². The van der Waals surface area contributed by atoms with E-state index in [0.29, 0.717) is 6.54 Å². The lowest BCUT2D eigenvalue weighted by Crippen LogP contribution is -2.45. The molecule has 0 bridgehead atoms. The van der Waals surface area contributed by atoms with Gasteiger partial charge in [-0.25, -0.2) is 9.97 Å². The van der Waals surface area contributed by atoms with E-state index in [1.807, 2.05) is 24.1 Å². The maximum absolute atomic E-state index is 6.83. The molecule has 3 aliphatic heterocycles. The Balaban J connectivity index is 1.03. The number of aliphatic imine (C=N–C) groups is 1. The Labute approximate surface area is 240 Å². The standard InChI is InChI=1S/C32H35N9/c1-20-30(40-14-11-32(12-15-40)16-21-6-3-4-7-23(21)29(32)33)38-26-18-34-31(28(26)36-20)41-13-5-8-25-27(41)10-9-24(37-25)22-17-35-39(2)19-22/h3-4,6-7,9-10,17,19,29H,5,8,11-16,18,33H2,1-2H3/t29-/m1/s1. The van der Waals surface area contributed by atoms with Crippen LogP contribution < -0.4 is 15.5 Å². The average Bonchev–Trinajstić information content (AvgIpc) is 3.69. The van der Waals surface area contributed by atoms with Gasteiger partial charge in [-0.2, -0.15) is 5.10 Å². The van der Waals surface area contributed by atoms with Crippen LogP contribution in [0.15, 0.2) is 53.8 Å². The second kappa shape index (κ2) is 9.21. The number of amidine groups is 1. The number of anilines is 2. The largest absolute Gasteiger partial charge is 0.355 e. The highest BCUT2D eigenvalue weighted by Gasteiger charge is 2.46. The number of rotatable bonds is 2. The number of aromatic nitrogens is 5. The second-order valence-corrected chi connectivity index (χ2v) is 12.1. The lowest BCUT2D eigenvalue weighted by Gasteiger charge is -2.43. The highest BCUT2D eigenvalue weighted by atomic mass is 15.3. The minimum atomic E-state index is 0.117. The van der Waals surface area contributed by atoms with Gasteiger partial charge in [0.1, 0.15) is 11.5 Å². The van der Waals surface area contributed by atoms with Crippen molar-refractivity contribution in [3.05, 3.63) is 82.7 Å². The monoisotopic (exact) mass is 545 g/mol. The third-order valence-corrected chi connectivity index (χ3v) is 9.65. The average molecular weight is 546 g/mol. The number of benzene rings is 1. The fourth-order valence-corrected chi connectivity index (χ4v) is 7.42. The maximum atomic E-state index is 6.83. The molecule has 1 aliphatic carbocycles. The van der Waals surface area contributed by atoms with Crippen molar-refractivity contribution in [1.82, 2.24) is 24.7 Å². The third-order valence-electron chi connectivity index (χ3n) is 9.65. The molecule has 6 heterocycles. The first-order valence-corrected chi connectivity index (χ1v) is 14.8. The summed E-state index contributed by atoms with van der Waals surface area (Å²) < 4.78 is 1.81. The van der Waals surface area contributed by atoms with Crippen molar-refractivity contribution < 1.29 is 0 Å². The van der Waals surface area contributed by atoms with Gasteiger partial charge in [-0.3, -0.25) is 14.7 Å². The number of hydrogen-bond donors (Lipinski definition) is 1. The molecule has 9 heteroatoms. The van der Waals surface area contributed by atoms with Gasteiger partial charge in [0.05, 0.1) is 41.2 Å². The molecule has 0 amide bonds. The Bertz CT molecular complexity index is 1700. The predicted octanol–water partition coefficient (Wildman–Crippen LogP) is 4.14. The zero-order chi connectivity index (χ0) is 27.7. The molecule has 8 rings (SSSR count). The number of piperidine rings is 1. The summed E-state index contributed by atoms with van der Waals surface area (Å²) in [6.45, 7) is 5.46. The summed E-state index contributed by atoms with van der Waals surface area (Å²) in [5.41, 5.74) is 16.8. The van der Waals surface area contributed by atoms with Gasteiger partial charge in [0.15, 0.2) is 5.84 Å². The molecule has 1 atom stereocenters. The Kier molecular flexibility index (Phi) is 5.54. The lowest BCUT2D eigenvalue weighted by molar-refractivity contribution is 0.187. The Morgan fingerprint density at radius 3 is 2.63 bits per heavy atom. The summed E-state index contributed by atoms with van der Waals surface area (Å²) in [5, 5.41) is 4.31. The first-order chi connectivity index (χ1) is 20.0. The van der Waals surface area contributed by atoms with E-state index in [-0.39, 0.29) is 11.5 Å². The smallest absolute Gasteiger partial charge is 0.156 e. The molecule has 1 fully saturated rings. The zero-order valence-electron chi connectivity index (χ0n) is 23.7. The van der Waals surface area contributed by atoms with Gasteiger partial charge in [-0.15, -0.1) is 0 Å². The molecule has 208 valence electrons. The van der Waals surface area contributed by atoms with E-state index < -0.39 is 0 Å². The quantitative estimate of drug-likeness (QED) is 0.404. The van der Waals surface area contributed by atoms with Crippen molar-refractivity contribution in [3.8, 4) is 11.3 Å². The SMILES string of the molecule is Cc1nc2c(nc1N1CCC3(CC1)Cc1ccccc1[C@H]3N)CN=C2N1CCCc2nc(-c3cnn(C)c3)ccc21. The van der Waals surface area contributed by atoms with Gasteiger partial charge < -0.3 is 15.5 Å². The van der Waals surface area contributed by atoms with E-state index in [2.05, 4.69) is 58.2 Å². The van der Waals surface area contributed by atoms with Crippen LogP contribution in [0.2, 0.25) is 0 Å². The molecule has 0 unspecified atom stereocenters. The van der Waals surface area contributed by atoms with E-state index in [1.54, 1.807) is 0 Å². The van der Waals surface area contributed by atoms with Crippen molar-refractivity contribution in [2.75, 3.05) is 29.4 Å². The Morgan fingerprint density at radius 2 is 1.83 bits per heavy atom. The molecule has 1 saturated heterocycles. The Morgan fingerprint density at radius 1 is 0.976 bits per heavy atom. The summed E-state index contributed by atoms with van der Waals surface area (Å²) in [5.74, 6) is 1.92. The number of nitrogens with zero attached hydrogens (tertiary/aromatic N) is 8. The van der Waals surface area contributed by atoms with E-state index in [4.69, 9.17) is 25.7 Å². The molecule has 2 N–H and O–H groups in total.